The first kappa shape index (κ1) is 23.5. The van der Waals surface area contributed by atoms with Crippen LogP contribution in [0.25, 0.3) is 0 Å². The van der Waals surface area contributed by atoms with Gasteiger partial charge in [-0.3, -0.25) is 10.8 Å². The lowest BCUT2D eigenvalue weighted by molar-refractivity contribution is 0.240. The molecule has 2 rings (SSSR count). The van der Waals surface area contributed by atoms with Gasteiger partial charge in [-0.05, 0) is 74.2 Å². The molecular weight excluding hydrogens is 423 g/mol. The van der Waals surface area contributed by atoms with Gasteiger partial charge in [-0.25, -0.2) is 9.69 Å². The van der Waals surface area contributed by atoms with Crippen molar-refractivity contribution in [3.05, 3.63) is 56.6 Å². The maximum Gasteiger partial charge on any atom is 0.328 e. The highest BCUT2D eigenvalue weighted by molar-refractivity contribution is 6.31. The van der Waals surface area contributed by atoms with Gasteiger partial charge >= 0.3 is 6.03 Å². The molecule has 30 heavy (non-hydrogen) atoms. The van der Waals surface area contributed by atoms with Gasteiger partial charge in [0, 0.05) is 35.5 Å². The summed E-state index contributed by atoms with van der Waals surface area (Å²) in [5, 5.41) is 18.4. The summed E-state index contributed by atoms with van der Waals surface area (Å²) in [6.45, 7) is 7.46. The zero-order valence-corrected chi connectivity index (χ0v) is 19.4. The first-order valence-electron chi connectivity index (χ1n) is 9.14. The summed E-state index contributed by atoms with van der Waals surface area (Å²) >= 11 is 12.2. The van der Waals surface area contributed by atoms with Crippen LogP contribution in [0.1, 0.15) is 22.3 Å². The third kappa shape index (κ3) is 4.52. The van der Waals surface area contributed by atoms with E-state index in [4.69, 9.17) is 39.8 Å². The maximum absolute atomic E-state index is 12.3. The van der Waals surface area contributed by atoms with E-state index in [0.717, 1.165) is 27.2 Å². The van der Waals surface area contributed by atoms with Crippen molar-refractivity contribution in [1.82, 2.24) is 4.90 Å². The molecule has 0 aliphatic rings. The summed E-state index contributed by atoms with van der Waals surface area (Å²) in [5.41, 5.74) is 10.3. The number of carbonyl (C=O) groups excluding carboxylic acids is 1. The van der Waals surface area contributed by atoms with Gasteiger partial charge in [0.05, 0.1) is 0 Å². The predicted molar refractivity (Wildman–Crippen MR) is 126 cm³/mol. The molecule has 0 fully saturated rings. The first-order valence-corrected chi connectivity index (χ1v) is 9.90. The van der Waals surface area contributed by atoms with E-state index in [-0.39, 0.29) is 11.9 Å². The second-order valence-corrected chi connectivity index (χ2v) is 8.09. The van der Waals surface area contributed by atoms with Gasteiger partial charge in [-0.2, -0.15) is 0 Å². The molecule has 0 aliphatic carbocycles. The standard InChI is InChI=1S/C21H26Cl2N6O/c1-11-7-15(22)8-12(2)17(11)27(5)19(24)29(21(26)30)20(25)28(6)18-13(3)9-16(23)10-14(18)4/h7-10,24-25H,1-6H3,(H2,26,30). The molecule has 0 radical (unpaired) electrons. The molecule has 4 N–H and O–H groups in total. The van der Waals surface area contributed by atoms with Crippen LogP contribution in [0.3, 0.4) is 0 Å². The van der Waals surface area contributed by atoms with E-state index < -0.39 is 6.03 Å². The van der Waals surface area contributed by atoms with E-state index in [2.05, 4.69) is 0 Å². The fraction of sp³-hybridized carbons (Fsp3) is 0.286. The largest absolute Gasteiger partial charge is 0.351 e. The Kier molecular flexibility index (Phi) is 7.00. The number of urea groups is 1. The molecular formula is C21H26Cl2N6O. The third-order valence-electron chi connectivity index (χ3n) is 4.86. The van der Waals surface area contributed by atoms with Gasteiger partial charge in [0.2, 0.25) is 11.9 Å². The molecule has 0 saturated carbocycles. The average molecular weight is 449 g/mol. The van der Waals surface area contributed by atoms with Gasteiger partial charge in [-0.1, -0.05) is 23.2 Å². The van der Waals surface area contributed by atoms with Crippen LogP contribution in [0.5, 0.6) is 0 Å². The van der Waals surface area contributed by atoms with Crippen LogP contribution in [-0.4, -0.2) is 36.9 Å². The van der Waals surface area contributed by atoms with E-state index in [1.165, 1.54) is 9.80 Å². The number of halogens is 2. The van der Waals surface area contributed by atoms with Crippen molar-refractivity contribution >= 4 is 52.5 Å². The SMILES string of the molecule is Cc1cc(Cl)cc(C)c1N(C)C(=N)N(C(=N)N(C)c1c(C)cc(Cl)cc1C)C(N)=O. The number of amides is 2. The van der Waals surface area contributed by atoms with Crippen LogP contribution >= 0.6 is 23.2 Å². The summed E-state index contributed by atoms with van der Waals surface area (Å²) in [4.78, 5) is 16.1. The second-order valence-electron chi connectivity index (χ2n) is 7.22. The molecule has 9 heteroatoms. The maximum atomic E-state index is 12.3. The highest BCUT2D eigenvalue weighted by Crippen LogP contribution is 2.30. The molecule has 0 unspecified atom stereocenters. The lowest BCUT2D eigenvalue weighted by atomic mass is 10.1. The van der Waals surface area contributed by atoms with Gasteiger partial charge in [-0.15, -0.1) is 0 Å². The Bertz CT molecular complexity index is 915. The van der Waals surface area contributed by atoms with Crippen LogP contribution < -0.4 is 15.5 Å². The Labute approximate surface area is 187 Å². The monoisotopic (exact) mass is 448 g/mol. The summed E-state index contributed by atoms with van der Waals surface area (Å²) in [6.07, 6.45) is 0. The number of hydrogen-bond acceptors (Lipinski definition) is 3. The number of guanidine groups is 2. The fourth-order valence-corrected chi connectivity index (χ4v) is 4.34. The van der Waals surface area contributed by atoms with Gasteiger partial charge in [0.25, 0.3) is 0 Å². The van der Waals surface area contributed by atoms with Crippen molar-refractivity contribution in [2.24, 2.45) is 5.73 Å². The van der Waals surface area contributed by atoms with Gasteiger partial charge < -0.3 is 15.5 Å². The van der Waals surface area contributed by atoms with E-state index in [1.54, 1.807) is 38.4 Å². The number of hydrogen-bond donors (Lipinski definition) is 3. The Morgan fingerprint density at radius 3 is 1.27 bits per heavy atom. The van der Waals surface area contributed by atoms with Gasteiger partial charge in [0.15, 0.2) is 0 Å². The summed E-state index contributed by atoms with van der Waals surface area (Å²) in [6, 6.07) is 6.18. The lowest BCUT2D eigenvalue weighted by Crippen LogP contribution is -2.55. The van der Waals surface area contributed by atoms with E-state index in [0.29, 0.717) is 21.4 Å². The van der Waals surface area contributed by atoms with Crippen LogP contribution in [0.15, 0.2) is 24.3 Å². The topological polar surface area (TPSA) is 101 Å². The molecule has 0 bridgehead atoms. The molecule has 0 saturated heterocycles. The zero-order valence-electron chi connectivity index (χ0n) is 17.9. The summed E-state index contributed by atoms with van der Waals surface area (Å²) in [5.74, 6) is -0.505. The Hall–Kier alpha value is -2.77. The average Bonchev–Trinajstić information content (AvgIpc) is 2.59. The molecule has 2 aromatic carbocycles. The first-order chi connectivity index (χ1) is 13.9. The van der Waals surface area contributed by atoms with E-state index in [9.17, 15) is 4.79 Å². The summed E-state index contributed by atoms with van der Waals surface area (Å²) in [7, 11) is 3.29. The minimum absolute atomic E-state index is 0.253. The highest BCUT2D eigenvalue weighted by atomic mass is 35.5. The van der Waals surface area contributed by atoms with Crippen LogP contribution in [0, 0.1) is 38.5 Å². The molecule has 0 spiro atoms. The van der Waals surface area contributed by atoms with Crippen molar-refractivity contribution in [3.8, 4) is 0 Å². The van der Waals surface area contributed by atoms with Crippen LogP contribution in [0.4, 0.5) is 16.2 Å². The molecule has 160 valence electrons. The second kappa shape index (κ2) is 8.93. The molecule has 0 heterocycles. The quantitative estimate of drug-likeness (QED) is 0.442. The van der Waals surface area contributed by atoms with E-state index >= 15 is 0 Å². The van der Waals surface area contributed by atoms with Crippen LogP contribution in [-0.2, 0) is 0 Å². The summed E-state index contributed by atoms with van der Waals surface area (Å²) < 4.78 is 0. The van der Waals surface area contributed by atoms with Crippen molar-refractivity contribution in [2.75, 3.05) is 23.9 Å². The zero-order chi connectivity index (χ0) is 22.9. The minimum atomic E-state index is -0.933. The van der Waals surface area contributed by atoms with Crippen molar-refractivity contribution < 1.29 is 4.79 Å². The van der Waals surface area contributed by atoms with Crippen molar-refractivity contribution in [1.29, 1.82) is 10.8 Å². The molecule has 0 aromatic heterocycles. The third-order valence-corrected chi connectivity index (χ3v) is 5.30. The Morgan fingerprint density at radius 2 is 1.03 bits per heavy atom. The Morgan fingerprint density at radius 1 is 0.767 bits per heavy atom. The Balaban J connectivity index is 2.46. The number of nitrogens with one attached hydrogen (secondary N) is 2. The number of nitrogens with zero attached hydrogens (tertiary/aromatic N) is 3. The van der Waals surface area contributed by atoms with Crippen LogP contribution in [0.2, 0.25) is 10.0 Å². The number of benzene rings is 2. The molecule has 2 aromatic rings. The molecule has 2 amide bonds. The molecule has 7 nitrogen and oxygen atoms in total. The molecule has 0 atom stereocenters. The number of primary amides is 1. The lowest BCUT2D eigenvalue weighted by Gasteiger charge is -2.34. The number of aryl methyl sites for hydroxylation is 4. The number of rotatable bonds is 2. The smallest absolute Gasteiger partial charge is 0.328 e. The van der Waals surface area contributed by atoms with Crippen molar-refractivity contribution in [2.45, 2.75) is 27.7 Å². The molecule has 0 aliphatic heterocycles. The number of carbonyl (C=O) groups is 1. The predicted octanol–water partition coefficient (Wildman–Crippen LogP) is 5.05. The number of anilines is 2. The highest BCUT2D eigenvalue weighted by Gasteiger charge is 2.29. The number of nitrogens with two attached hydrogens (primary N) is 1. The normalized spacial score (nSPS) is 10.5. The van der Waals surface area contributed by atoms with E-state index in [1.807, 2.05) is 27.7 Å². The fourth-order valence-electron chi connectivity index (χ4n) is 3.69. The van der Waals surface area contributed by atoms with Gasteiger partial charge in [0.1, 0.15) is 0 Å². The van der Waals surface area contributed by atoms with Crippen molar-refractivity contribution in [3.63, 3.8) is 0 Å². The minimum Gasteiger partial charge on any atom is -0.351 e.